The Morgan fingerprint density at radius 3 is 2.47 bits per heavy atom. The molecule has 0 saturated heterocycles. The zero-order valence-corrected chi connectivity index (χ0v) is 18.8. The monoisotopic (exact) mass is 468 g/mol. The van der Waals surface area contributed by atoms with Crippen molar-refractivity contribution in [3.05, 3.63) is 83.6 Å². The van der Waals surface area contributed by atoms with Crippen LogP contribution in [-0.2, 0) is 16.1 Å². The summed E-state index contributed by atoms with van der Waals surface area (Å²) in [5, 5.41) is 5.37. The fourth-order valence-electron chi connectivity index (χ4n) is 2.82. The summed E-state index contributed by atoms with van der Waals surface area (Å²) in [4.78, 5) is 36.9. The maximum atomic E-state index is 12.9. The summed E-state index contributed by atoms with van der Waals surface area (Å²) < 4.78 is 28.8. The van der Waals surface area contributed by atoms with Crippen molar-refractivity contribution < 1.29 is 32.7 Å². The molecule has 0 bridgehead atoms. The Morgan fingerprint density at radius 2 is 1.74 bits per heavy atom. The smallest absolute Gasteiger partial charge is 0.374 e. The van der Waals surface area contributed by atoms with Gasteiger partial charge < -0.3 is 24.5 Å². The maximum absolute atomic E-state index is 12.9. The molecule has 8 nitrogen and oxygen atoms in total. The molecule has 34 heavy (non-hydrogen) atoms. The van der Waals surface area contributed by atoms with E-state index in [2.05, 4.69) is 10.6 Å². The lowest BCUT2D eigenvalue weighted by atomic mass is 10.1. The molecular weight excluding hydrogens is 443 g/mol. The minimum Gasteiger partial charge on any atom is -0.486 e. The quantitative estimate of drug-likeness (QED) is 0.433. The van der Waals surface area contributed by atoms with Crippen LogP contribution in [0.3, 0.4) is 0 Å². The number of hydrogen-bond acceptors (Lipinski definition) is 6. The molecule has 3 rings (SSSR count). The standard InChI is InChI=1S/C25H25FN2O6/c1-16(2)13-27-24(30)20-5-3-4-6-21(20)28-23(29)15-33-25(31)22-12-11-19(34-22)14-32-18-9-7-17(26)8-10-18/h3-12,16H,13-15H2,1-2H3,(H,27,30)(H,28,29). The first kappa shape index (κ1) is 24.5. The summed E-state index contributed by atoms with van der Waals surface area (Å²) in [5.41, 5.74) is 0.614. The number of furan rings is 1. The summed E-state index contributed by atoms with van der Waals surface area (Å²) in [6.07, 6.45) is 0. The van der Waals surface area contributed by atoms with Gasteiger partial charge in [-0.15, -0.1) is 0 Å². The van der Waals surface area contributed by atoms with Crippen LogP contribution in [0.2, 0.25) is 0 Å². The number of para-hydroxylation sites is 1. The Morgan fingerprint density at radius 1 is 1.00 bits per heavy atom. The molecule has 0 aliphatic heterocycles. The highest BCUT2D eigenvalue weighted by molar-refractivity contribution is 6.04. The predicted molar refractivity (Wildman–Crippen MR) is 122 cm³/mol. The lowest BCUT2D eigenvalue weighted by molar-refractivity contribution is -0.119. The maximum Gasteiger partial charge on any atom is 0.374 e. The second-order valence-corrected chi connectivity index (χ2v) is 7.78. The van der Waals surface area contributed by atoms with Crippen molar-refractivity contribution in [3.8, 4) is 5.75 Å². The van der Waals surface area contributed by atoms with Crippen molar-refractivity contribution >= 4 is 23.5 Å². The molecule has 2 N–H and O–H groups in total. The summed E-state index contributed by atoms with van der Waals surface area (Å²) in [5.74, 6) is -1.15. The Balaban J connectivity index is 1.49. The molecule has 0 unspecified atom stereocenters. The van der Waals surface area contributed by atoms with Crippen molar-refractivity contribution in [1.82, 2.24) is 5.32 Å². The molecule has 0 spiro atoms. The molecule has 2 aromatic carbocycles. The summed E-state index contributed by atoms with van der Waals surface area (Å²) in [7, 11) is 0. The van der Waals surface area contributed by atoms with Gasteiger partial charge in [0, 0.05) is 6.54 Å². The molecule has 1 aromatic heterocycles. The van der Waals surface area contributed by atoms with Crippen LogP contribution in [0.4, 0.5) is 10.1 Å². The van der Waals surface area contributed by atoms with Gasteiger partial charge in [0.2, 0.25) is 5.76 Å². The fraction of sp³-hybridized carbons (Fsp3) is 0.240. The first-order valence-electron chi connectivity index (χ1n) is 10.6. The van der Waals surface area contributed by atoms with Crippen LogP contribution in [0.1, 0.15) is 40.5 Å². The highest BCUT2D eigenvalue weighted by Gasteiger charge is 2.17. The number of esters is 1. The Bertz CT molecular complexity index is 1140. The van der Waals surface area contributed by atoms with Crippen molar-refractivity contribution in [3.63, 3.8) is 0 Å². The Hall–Kier alpha value is -4.14. The van der Waals surface area contributed by atoms with Crippen molar-refractivity contribution in [2.75, 3.05) is 18.5 Å². The lowest BCUT2D eigenvalue weighted by Gasteiger charge is -2.12. The number of nitrogens with one attached hydrogen (secondary N) is 2. The van der Waals surface area contributed by atoms with Gasteiger partial charge in [0.25, 0.3) is 11.8 Å². The van der Waals surface area contributed by atoms with Gasteiger partial charge in [-0.1, -0.05) is 26.0 Å². The zero-order valence-electron chi connectivity index (χ0n) is 18.8. The molecule has 0 atom stereocenters. The van der Waals surface area contributed by atoms with Gasteiger partial charge in [-0.2, -0.15) is 0 Å². The third-order valence-electron chi connectivity index (χ3n) is 4.51. The van der Waals surface area contributed by atoms with Crippen LogP contribution in [0.5, 0.6) is 5.75 Å². The number of benzene rings is 2. The highest BCUT2D eigenvalue weighted by Crippen LogP contribution is 2.17. The van der Waals surface area contributed by atoms with E-state index in [1.54, 1.807) is 24.3 Å². The average Bonchev–Trinajstić information content (AvgIpc) is 3.30. The van der Waals surface area contributed by atoms with Gasteiger partial charge >= 0.3 is 5.97 Å². The van der Waals surface area contributed by atoms with E-state index in [0.29, 0.717) is 29.3 Å². The second kappa shape index (κ2) is 11.6. The topological polar surface area (TPSA) is 107 Å². The van der Waals surface area contributed by atoms with E-state index < -0.39 is 18.5 Å². The number of amides is 2. The molecule has 0 radical (unpaired) electrons. The SMILES string of the molecule is CC(C)CNC(=O)c1ccccc1NC(=O)COC(=O)c1ccc(COc2ccc(F)cc2)o1. The highest BCUT2D eigenvalue weighted by atomic mass is 19.1. The van der Waals surface area contributed by atoms with E-state index in [-0.39, 0.29) is 30.0 Å². The summed E-state index contributed by atoms with van der Waals surface area (Å²) >= 11 is 0. The minimum absolute atomic E-state index is 0.0229. The number of rotatable bonds is 10. The molecule has 0 fully saturated rings. The fourth-order valence-corrected chi connectivity index (χ4v) is 2.82. The molecular formula is C25H25FN2O6. The number of carbonyl (C=O) groups excluding carboxylic acids is 3. The van der Waals surface area contributed by atoms with Crippen LogP contribution in [0, 0.1) is 11.7 Å². The average molecular weight is 468 g/mol. The van der Waals surface area contributed by atoms with Gasteiger partial charge in [-0.25, -0.2) is 9.18 Å². The van der Waals surface area contributed by atoms with Crippen molar-refractivity contribution in [1.29, 1.82) is 0 Å². The van der Waals surface area contributed by atoms with Gasteiger partial charge in [0.15, 0.2) is 6.61 Å². The number of ether oxygens (including phenoxy) is 2. The van der Waals surface area contributed by atoms with Gasteiger partial charge in [0.1, 0.15) is 23.9 Å². The predicted octanol–water partition coefficient (Wildman–Crippen LogP) is 4.18. The number of hydrogen-bond donors (Lipinski definition) is 2. The number of halogens is 1. The van der Waals surface area contributed by atoms with Gasteiger partial charge in [-0.05, 0) is 54.4 Å². The minimum atomic E-state index is -0.828. The van der Waals surface area contributed by atoms with Crippen molar-refractivity contribution in [2.24, 2.45) is 5.92 Å². The Labute approximate surface area is 196 Å². The molecule has 2 amide bonds. The van der Waals surface area contributed by atoms with Crippen LogP contribution >= 0.6 is 0 Å². The number of anilines is 1. The van der Waals surface area contributed by atoms with Gasteiger partial charge in [-0.3, -0.25) is 9.59 Å². The molecule has 1 heterocycles. The van der Waals surface area contributed by atoms with Crippen LogP contribution < -0.4 is 15.4 Å². The second-order valence-electron chi connectivity index (χ2n) is 7.78. The van der Waals surface area contributed by atoms with E-state index in [4.69, 9.17) is 13.9 Å². The summed E-state index contributed by atoms with van der Waals surface area (Å²) in [6, 6.07) is 15.0. The normalized spacial score (nSPS) is 10.6. The van der Waals surface area contributed by atoms with Crippen LogP contribution in [0.15, 0.2) is 65.1 Å². The largest absolute Gasteiger partial charge is 0.486 e. The molecule has 3 aromatic rings. The molecule has 0 saturated carbocycles. The molecule has 0 aliphatic carbocycles. The third kappa shape index (κ3) is 7.19. The first-order chi connectivity index (χ1) is 16.3. The molecule has 9 heteroatoms. The first-order valence-corrected chi connectivity index (χ1v) is 10.6. The van der Waals surface area contributed by atoms with E-state index in [0.717, 1.165) is 0 Å². The third-order valence-corrected chi connectivity index (χ3v) is 4.51. The zero-order chi connectivity index (χ0) is 24.5. The lowest BCUT2D eigenvalue weighted by Crippen LogP contribution is -2.29. The van der Waals surface area contributed by atoms with Crippen LogP contribution in [0.25, 0.3) is 0 Å². The summed E-state index contributed by atoms with van der Waals surface area (Å²) in [6.45, 7) is 3.91. The van der Waals surface area contributed by atoms with E-state index in [1.807, 2.05) is 13.8 Å². The molecule has 178 valence electrons. The van der Waals surface area contributed by atoms with E-state index in [1.165, 1.54) is 36.4 Å². The number of carbonyl (C=O) groups is 3. The van der Waals surface area contributed by atoms with Crippen molar-refractivity contribution in [2.45, 2.75) is 20.5 Å². The van der Waals surface area contributed by atoms with Gasteiger partial charge in [0.05, 0.1) is 11.3 Å². The van der Waals surface area contributed by atoms with E-state index >= 15 is 0 Å². The van der Waals surface area contributed by atoms with Crippen LogP contribution in [-0.4, -0.2) is 30.9 Å². The Kier molecular flexibility index (Phi) is 8.39. The molecule has 0 aliphatic rings. The van der Waals surface area contributed by atoms with E-state index in [9.17, 15) is 18.8 Å².